The van der Waals surface area contributed by atoms with Crippen LogP contribution in [0.25, 0.3) is 0 Å². The van der Waals surface area contributed by atoms with E-state index in [1.54, 1.807) is 12.3 Å². The zero-order chi connectivity index (χ0) is 20.4. The normalized spacial score (nSPS) is 18.4. The number of aryl methyl sites for hydroxylation is 1. The number of amides is 1. The third-order valence-electron chi connectivity index (χ3n) is 5.66. The highest BCUT2D eigenvalue weighted by Crippen LogP contribution is 2.32. The lowest BCUT2D eigenvalue weighted by molar-refractivity contribution is -0.181. The second-order valence-electron chi connectivity index (χ2n) is 7.98. The summed E-state index contributed by atoms with van der Waals surface area (Å²) in [5.41, 5.74) is 3.71. The summed E-state index contributed by atoms with van der Waals surface area (Å²) in [6.07, 6.45) is 3.01. The Bertz CT molecular complexity index is 883. The molecule has 0 bridgehead atoms. The minimum atomic E-state index is -0.493. The number of hydrogen-bond acceptors (Lipinski definition) is 6. The Balaban J connectivity index is 1.49. The fourth-order valence-electron chi connectivity index (χ4n) is 3.99. The Morgan fingerprint density at radius 3 is 2.59 bits per heavy atom. The number of benzene rings is 1. The van der Waals surface area contributed by atoms with E-state index in [-0.39, 0.29) is 5.91 Å². The van der Waals surface area contributed by atoms with E-state index >= 15 is 0 Å². The highest BCUT2D eigenvalue weighted by Gasteiger charge is 2.41. The van der Waals surface area contributed by atoms with E-state index in [9.17, 15) is 4.79 Å². The van der Waals surface area contributed by atoms with Crippen molar-refractivity contribution in [1.82, 2.24) is 14.9 Å². The van der Waals surface area contributed by atoms with E-state index in [0.29, 0.717) is 56.7 Å². The molecule has 2 saturated heterocycles. The molecule has 4 rings (SSSR count). The van der Waals surface area contributed by atoms with E-state index in [2.05, 4.69) is 54.3 Å². The molecule has 1 aromatic carbocycles. The number of rotatable bonds is 4. The van der Waals surface area contributed by atoms with Crippen molar-refractivity contribution in [3.8, 4) is 0 Å². The van der Waals surface area contributed by atoms with E-state index in [0.717, 1.165) is 11.3 Å². The number of carbonyl (C=O) groups excluding carboxylic acids is 1. The van der Waals surface area contributed by atoms with Crippen molar-refractivity contribution in [2.75, 3.05) is 31.6 Å². The molecule has 0 radical (unpaired) electrons. The monoisotopic (exact) mass is 396 g/mol. The Morgan fingerprint density at radius 2 is 1.90 bits per heavy atom. The average Bonchev–Trinajstić information content (AvgIpc) is 3.17. The van der Waals surface area contributed by atoms with Crippen LogP contribution in [0.5, 0.6) is 0 Å². The number of piperidine rings is 1. The summed E-state index contributed by atoms with van der Waals surface area (Å²) in [6.45, 7) is 8.82. The third kappa shape index (κ3) is 4.11. The molecule has 0 saturated carbocycles. The number of nitrogens with zero attached hydrogens (tertiary/aromatic N) is 3. The van der Waals surface area contributed by atoms with Crippen LogP contribution in [0.2, 0.25) is 0 Å². The molecule has 1 N–H and O–H groups in total. The summed E-state index contributed by atoms with van der Waals surface area (Å²) < 4.78 is 11.5. The molecule has 7 nitrogen and oxygen atoms in total. The van der Waals surface area contributed by atoms with Crippen molar-refractivity contribution in [1.29, 1.82) is 0 Å². The van der Waals surface area contributed by atoms with Gasteiger partial charge < -0.3 is 19.7 Å². The van der Waals surface area contributed by atoms with Crippen molar-refractivity contribution >= 4 is 17.5 Å². The van der Waals surface area contributed by atoms with Gasteiger partial charge in [-0.25, -0.2) is 9.97 Å². The lowest BCUT2D eigenvalue weighted by atomic mass is 9.98. The van der Waals surface area contributed by atoms with E-state index in [4.69, 9.17) is 9.47 Å². The van der Waals surface area contributed by atoms with Crippen molar-refractivity contribution in [2.45, 2.75) is 45.3 Å². The van der Waals surface area contributed by atoms with Gasteiger partial charge in [0.2, 0.25) is 5.95 Å². The topological polar surface area (TPSA) is 76.6 Å². The first-order valence-corrected chi connectivity index (χ1v) is 10.2. The van der Waals surface area contributed by atoms with Crippen LogP contribution >= 0.6 is 0 Å². The van der Waals surface area contributed by atoms with Gasteiger partial charge in [0.25, 0.3) is 5.91 Å². The number of aromatic nitrogens is 2. The number of para-hydroxylation sites is 1. The summed E-state index contributed by atoms with van der Waals surface area (Å²) in [5, 5.41) is 3.33. The van der Waals surface area contributed by atoms with Gasteiger partial charge in [-0.2, -0.15) is 0 Å². The molecule has 29 heavy (non-hydrogen) atoms. The van der Waals surface area contributed by atoms with Gasteiger partial charge in [-0.3, -0.25) is 4.79 Å². The Morgan fingerprint density at radius 1 is 1.17 bits per heavy atom. The predicted molar refractivity (Wildman–Crippen MR) is 110 cm³/mol. The molecule has 7 heteroatoms. The fourth-order valence-corrected chi connectivity index (χ4v) is 3.99. The molecule has 1 spiro atoms. The predicted octanol–water partition coefficient (Wildman–Crippen LogP) is 3.63. The number of nitrogens with one attached hydrogen (secondary N) is 1. The zero-order valence-electron chi connectivity index (χ0n) is 17.3. The van der Waals surface area contributed by atoms with Crippen LogP contribution in [0.15, 0.2) is 30.5 Å². The third-order valence-corrected chi connectivity index (χ3v) is 5.66. The van der Waals surface area contributed by atoms with Crippen molar-refractivity contribution < 1.29 is 14.3 Å². The number of ether oxygens (including phenoxy) is 2. The van der Waals surface area contributed by atoms with Crippen LogP contribution in [0.1, 0.15) is 54.2 Å². The molecule has 2 aliphatic heterocycles. The summed E-state index contributed by atoms with van der Waals surface area (Å²) >= 11 is 0. The maximum absolute atomic E-state index is 13.0. The number of likely N-dealkylation sites (tertiary alicyclic amines) is 1. The Hall–Kier alpha value is -2.51. The number of anilines is 2. The highest BCUT2D eigenvalue weighted by atomic mass is 16.7. The molecule has 154 valence electrons. The summed E-state index contributed by atoms with van der Waals surface area (Å²) in [7, 11) is 0. The van der Waals surface area contributed by atoms with Crippen molar-refractivity contribution in [3.05, 3.63) is 47.3 Å². The lowest BCUT2D eigenvalue weighted by Gasteiger charge is -2.37. The largest absolute Gasteiger partial charge is 0.347 e. The van der Waals surface area contributed by atoms with Crippen LogP contribution in [-0.4, -0.2) is 52.9 Å². The Labute approximate surface area is 171 Å². The van der Waals surface area contributed by atoms with Gasteiger partial charge in [-0.1, -0.05) is 32.0 Å². The van der Waals surface area contributed by atoms with E-state index < -0.39 is 5.79 Å². The molecule has 2 aromatic rings. The second kappa shape index (κ2) is 8.08. The van der Waals surface area contributed by atoms with Crippen molar-refractivity contribution in [3.63, 3.8) is 0 Å². The first-order valence-electron chi connectivity index (χ1n) is 10.2. The first kappa shape index (κ1) is 19.8. The van der Waals surface area contributed by atoms with Gasteiger partial charge in [0.05, 0.1) is 13.2 Å². The van der Waals surface area contributed by atoms with Crippen LogP contribution in [-0.2, 0) is 9.47 Å². The molecule has 0 unspecified atom stereocenters. The summed E-state index contributed by atoms with van der Waals surface area (Å²) in [5.74, 6) is 0.218. The molecule has 0 aliphatic carbocycles. The fraction of sp³-hybridized carbons (Fsp3) is 0.500. The minimum absolute atomic E-state index is 0.0860. The van der Waals surface area contributed by atoms with Gasteiger partial charge in [-0.05, 0) is 30.0 Å². The van der Waals surface area contributed by atoms with Gasteiger partial charge in [-0.15, -0.1) is 0 Å². The van der Waals surface area contributed by atoms with Crippen LogP contribution in [0, 0.1) is 6.92 Å². The smallest absolute Gasteiger partial charge is 0.272 e. The SMILES string of the molecule is Cc1cccc(C(C)C)c1Nc1nccc(C(=O)N2CCC3(CC2)OCCO3)n1. The van der Waals surface area contributed by atoms with Crippen LogP contribution in [0.3, 0.4) is 0 Å². The molecule has 2 fully saturated rings. The number of hydrogen-bond donors (Lipinski definition) is 1. The zero-order valence-corrected chi connectivity index (χ0v) is 17.3. The molecule has 1 amide bonds. The van der Waals surface area contributed by atoms with E-state index in [1.165, 1.54) is 5.56 Å². The molecular weight excluding hydrogens is 368 g/mol. The van der Waals surface area contributed by atoms with Gasteiger partial charge >= 0.3 is 0 Å². The molecule has 3 heterocycles. The standard InChI is InChI=1S/C22H28N4O3/c1-15(2)17-6-4-5-16(3)19(17)25-21-23-10-7-18(24-21)20(27)26-11-8-22(9-12-26)28-13-14-29-22/h4-7,10,15H,8-9,11-14H2,1-3H3,(H,23,24,25). The van der Waals surface area contributed by atoms with E-state index in [1.807, 2.05) is 4.90 Å². The van der Waals surface area contributed by atoms with Crippen molar-refractivity contribution in [2.24, 2.45) is 0 Å². The maximum atomic E-state index is 13.0. The first-order chi connectivity index (χ1) is 14.0. The summed E-state index contributed by atoms with van der Waals surface area (Å²) in [4.78, 5) is 23.6. The molecular formula is C22H28N4O3. The highest BCUT2D eigenvalue weighted by molar-refractivity contribution is 5.92. The molecule has 2 aliphatic rings. The van der Waals surface area contributed by atoms with Gasteiger partial charge in [0, 0.05) is 37.8 Å². The Kier molecular flexibility index (Phi) is 5.52. The maximum Gasteiger partial charge on any atom is 0.272 e. The van der Waals surface area contributed by atoms with Crippen LogP contribution < -0.4 is 5.32 Å². The lowest BCUT2D eigenvalue weighted by Crippen LogP contribution is -2.47. The average molecular weight is 396 g/mol. The van der Waals surface area contributed by atoms with Gasteiger partial charge in [0.1, 0.15) is 5.69 Å². The summed E-state index contributed by atoms with van der Waals surface area (Å²) in [6, 6.07) is 7.88. The minimum Gasteiger partial charge on any atom is -0.347 e. The number of carbonyl (C=O) groups is 1. The second-order valence-corrected chi connectivity index (χ2v) is 7.98. The van der Waals surface area contributed by atoms with Crippen LogP contribution in [0.4, 0.5) is 11.6 Å². The molecule has 0 atom stereocenters. The van der Waals surface area contributed by atoms with Gasteiger partial charge in [0.15, 0.2) is 5.79 Å². The molecule has 1 aromatic heterocycles. The quantitative estimate of drug-likeness (QED) is 0.850.